The van der Waals surface area contributed by atoms with Crippen LogP contribution < -0.4 is 9.62 Å². The summed E-state index contributed by atoms with van der Waals surface area (Å²) in [5, 5.41) is 3.18. The fraction of sp³-hybridized carbons (Fsp3) is 0.435. The van der Waals surface area contributed by atoms with E-state index in [2.05, 4.69) is 17.1 Å². The van der Waals surface area contributed by atoms with Crippen LogP contribution >= 0.6 is 11.6 Å². The minimum absolute atomic E-state index is 0.0265. The molecule has 0 atom stereocenters. The van der Waals surface area contributed by atoms with Crippen LogP contribution in [-0.2, 0) is 10.0 Å². The van der Waals surface area contributed by atoms with E-state index in [4.69, 9.17) is 11.6 Å². The first-order valence-corrected chi connectivity index (χ1v) is 12.6. The molecule has 1 aliphatic rings. The molecular weight excluding hydrogens is 453 g/mol. The van der Waals surface area contributed by atoms with Gasteiger partial charge in [-0.05, 0) is 68.3 Å². The predicted molar refractivity (Wildman–Crippen MR) is 125 cm³/mol. The Morgan fingerprint density at radius 2 is 1.84 bits per heavy atom. The number of nitrogens with one attached hydrogen (secondary N) is 1. The molecule has 1 saturated heterocycles. The number of unbranched alkanes of at least 4 members (excludes halogenated alkanes) is 1. The van der Waals surface area contributed by atoms with Gasteiger partial charge in [-0.2, -0.15) is 0 Å². The Hall–Kier alpha value is -2.16. The number of nitrogens with zero attached hydrogens (tertiary/aromatic N) is 2. The molecule has 6 nitrogen and oxygen atoms in total. The van der Waals surface area contributed by atoms with E-state index < -0.39 is 15.8 Å². The van der Waals surface area contributed by atoms with Crippen molar-refractivity contribution in [2.45, 2.75) is 43.5 Å². The Bertz CT molecular complexity index is 1040. The van der Waals surface area contributed by atoms with E-state index in [0.717, 1.165) is 43.2 Å². The van der Waals surface area contributed by atoms with Crippen LogP contribution in [0.25, 0.3) is 0 Å². The number of carbonyl (C=O) groups is 1. The van der Waals surface area contributed by atoms with Gasteiger partial charge in [-0.15, -0.1) is 0 Å². The number of likely N-dealkylation sites (tertiary alicyclic amines) is 1. The Labute approximate surface area is 194 Å². The van der Waals surface area contributed by atoms with Gasteiger partial charge in [0.25, 0.3) is 15.9 Å². The second-order valence-electron chi connectivity index (χ2n) is 8.03. The molecule has 0 radical (unpaired) electrons. The van der Waals surface area contributed by atoms with E-state index in [0.29, 0.717) is 5.69 Å². The van der Waals surface area contributed by atoms with Crippen LogP contribution in [0.1, 0.15) is 43.0 Å². The van der Waals surface area contributed by atoms with Crippen molar-refractivity contribution in [2.24, 2.45) is 0 Å². The van der Waals surface area contributed by atoms with Gasteiger partial charge in [-0.1, -0.05) is 24.9 Å². The van der Waals surface area contributed by atoms with E-state index in [-0.39, 0.29) is 27.4 Å². The second-order valence-corrected chi connectivity index (χ2v) is 10.4. The summed E-state index contributed by atoms with van der Waals surface area (Å²) in [6, 6.07) is 9.23. The molecular formula is C23H29ClFN3O3S. The summed E-state index contributed by atoms with van der Waals surface area (Å²) < 4.78 is 40.4. The zero-order valence-corrected chi connectivity index (χ0v) is 19.9. The highest BCUT2D eigenvalue weighted by Gasteiger charge is 2.26. The number of rotatable bonds is 8. The maximum Gasteiger partial charge on any atom is 0.264 e. The van der Waals surface area contributed by atoms with Crippen LogP contribution in [0.5, 0.6) is 0 Å². The van der Waals surface area contributed by atoms with E-state index >= 15 is 0 Å². The van der Waals surface area contributed by atoms with Crippen molar-refractivity contribution in [1.29, 1.82) is 0 Å². The molecule has 174 valence electrons. The standard InChI is InChI=1S/C23H29ClFN3O3S/c1-3-4-13-28-14-11-18(12-15-28)26-23(29)21-16-20(9-10-22(21)24)32(30,31)27(2)19-7-5-17(25)6-8-19/h5-10,16,18H,3-4,11-15H2,1-2H3,(H,26,29). The lowest BCUT2D eigenvalue weighted by atomic mass is 10.0. The highest BCUT2D eigenvalue weighted by Crippen LogP contribution is 2.26. The maximum atomic E-state index is 13.2. The van der Waals surface area contributed by atoms with Crippen molar-refractivity contribution < 1.29 is 17.6 Å². The molecule has 32 heavy (non-hydrogen) atoms. The summed E-state index contributed by atoms with van der Waals surface area (Å²) >= 11 is 6.23. The largest absolute Gasteiger partial charge is 0.349 e. The summed E-state index contributed by atoms with van der Waals surface area (Å²) in [4.78, 5) is 15.2. The molecule has 1 fully saturated rings. The number of piperidine rings is 1. The first-order valence-electron chi connectivity index (χ1n) is 10.8. The van der Waals surface area contributed by atoms with Crippen LogP contribution in [0.3, 0.4) is 0 Å². The lowest BCUT2D eigenvalue weighted by Crippen LogP contribution is -2.44. The normalized spacial score (nSPS) is 15.5. The maximum absolute atomic E-state index is 13.2. The van der Waals surface area contributed by atoms with Gasteiger partial charge in [-0.25, -0.2) is 12.8 Å². The van der Waals surface area contributed by atoms with Crippen molar-refractivity contribution in [3.8, 4) is 0 Å². The summed E-state index contributed by atoms with van der Waals surface area (Å²) in [6.07, 6.45) is 4.02. The fourth-order valence-electron chi connectivity index (χ4n) is 3.73. The van der Waals surface area contributed by atoms with Crippen molar-refractivity contribution in [2.75, 3.05) is 31.0 Å². The van der Waals surface area contributed by atoms with E-state index in [1.54, 1.807) is 0 Å². The average Bonchev–Trinajstić information content (AvgIpc) is 2.78. The summed E-state index contributed by atoms with van der Waals surface area (Å²) in [7, 11) is -2.58. The van der Waals surface area contributed by atoms with Crippen molar-refractivity contribution in [3.63, 3.8) is 0 Å². The van der Waals surface area contributed by atoms with Crippen LogP contribution in [0.15, 0.2) is 47.4 Å². The number of carbonyl (C=O) groups excluding carboxylic acids is 1. The van der Waals surface area contributed by atoms with E-state index in [1.165, 1.54) is 55.9 Å². The topological polar surface area (TPSA) is 69.7 Å². The number of hydrogen-bond acceptors (Lipinski definition) is 4. The van der Waals surface area contributed by atoms with Gasteiger partial charge >= 0.3 is 0 Å². The molecule has 1 N–H and O–H groups in total. The van der Waals surface area contributed by atoms with Crippen LogP contribution in [0.4, 0.5) is 10.1 Å². The summed E-state index contributed by atoms with van der Waals surface area (Å²) in [5.74, 6) is -0.843. The number of benzene rings is 2. The van der Waals surface area contributed by atoms with Gasteiger partial charge in [0.15, 0.2) is 0 Å². The zero-order chi connectivity index (χ0) is 23.3. The minimum Gasteiger partial charge on any atom is -0.349 e. The Balaban J connectivity index is 1.72. The lowest BCUT2D eigenvalue weighted by Gasteiger charge is -2.32. The molecule has 0 bridgehead atoms. The molecule has 2 aromatic rings. The van der Waals surface area contributed by atoms with Crippen molar-refractivity contribution >= 4 is 33.2 Å². The van der Waals surface area contributed by atoms with Crippen molar-refractivity contribution in [1.82, 2.24) is 10.2 Å². The Morgan fingerprint density at radius 1 is 1.19 bits per heavy atom. The van der Waals surface area contributed by atoms with Crippen LogP contribution in [-0.4, -0.2) is 51.9 Å². The number of sulfonamides is 1. The number of hydrogen-bond donors (Lipinski definition) is 1. The highest BCUT2D eigenvalue weighted by molar-refractivity contribution is 7.92. The van der Waals surface area contributed by atoms with Gasteiger partial charge < -0.3 is 10.2 Å². The molecule has 0 unspecified atom stereocenters. The molecule has 0 aromatic heterocycles. The monoisotopic (exact) mass is 481 g/mol. The van der Waals surface area contributed by atoms with E-state index in [1.807, 2.05) is 0 Å². The van der Waals surface area contributed by atoms with Crippen molar-refractivity contribution in [3.05, 3.63) is 58.9 Å². The number of halogens is 2. The number of anilines is 1. The molecule has 1 aliphatic heterocycles. The Morgan fingerprint density at radius 3 is 2.47 bits per heavy atom. The van der Waals surface area contributed by atoms with Gasteiger partial charge in [-0.3, -0.25) is 9.10 Å². The average molecular weight is 482 g/mol. The third-order valence-electron chi connectivity index (χ3n) is 5.78. The Kier molecular flexibility index (Phi) is 8.14. The zero-order valence-electron chi connectivity index (χ0n) is 18.4. The molecule has 2 aromatic carbocycles. The van der Waals surface area contributed by atoms with E-state index in [9.17, 15) is 17.6 Å². The molecule has 1 amide bonds. The molecule has 9 heteroatoms. The highest BCUT2D eigenvalue weighted by atomic mass is 35.5. The molecule has 0 aliphatic carbocycles. The smallest absolute Gasteiger partial charge is 0.264 e. The molecule has 1 heterocycles. The predicted octanol–water partition coefficient (Wildman–Crippen LogP) is 4.30. The van der Waals surface area contributed by atoms with Crippen LogP contribution in [0, 0.1) is 5.82 Å². The number of amides is 1. The lowest BCUT2D eigenvalue weighted by molar-refractivity contribution is 0.0910. The van der Waals surface area contributed by atoms with Gasteiger partial charge in [0, 0.05) is 26.2 Å². The summed E-state index contributed by atoms with van der Waals surface area (Å²) in [6.45, 7) is 5.10. The first kappa shape index (κ1) is 24.5. The van der Waals surface area contributed by atoms with Gasteiger partial charge in [0.2, 0.25) is 0 Å². The van der Waals surface area contributed by atoms with Gasteiger partial charge in [0.1, 0.15) is 5.82 Å². The summed E-state index contributed by atoms with van der Waals surface area (Å²) in [5.41, 5.74) is 0.427. The van der Waals surface area contributed by atoms with Crippen LogP contribution in [0.2, 0.25) is 5.02 Å². The minimum atomic E-state index is -3.96. The third-order valence-corrected chi connectivity index (χ3v) is 7.89. The SMILES string of the molecule is CCCCN1CCC(NC(=O)c2cc(S(=O)(=O)N(C)c3ccc(F)cc3)ccc2Cl)CC1. The fourth-order valence-corrected chi connectivity index (χ4v) is 5.16. The second kappa shape index (κ2) is 10.6. The van der Waals surface area contributed by atoms with Gasteiger partial charge in [0.05, 0.1) is 21.2 Å². The molecule has 0 saturated carbocycles. The third kappa shape index (κ3) is 5.79. The molecule has 0 spiro atoms. The quantitative estimate of drug-likeness (QED) is 0.610. The first-order chi connectivity index (χ1) is 15.2. The molecule has 3 rings (SSSR count).